The SMILES string of the molecule is COc1ccc([C@@H]2c3sc(=O)n(CC(=O)Nc4ccc5ccccc5c4)c3S[C@H]3C(=O)N(c4ccc(F)cc4)C(=O)[C@@H]23)cc1. The third-order valence-electron chi connectivity index (χ3n) is 7.94. The second kappa shape index (κ2) is 11.1. The predicted molar refractivity (Wildman–Crippen MR) is 168 cm³/mol. The number of ether oxygens (including phenoxy) is 1. The third-order valence-corrected chi connectivity index (χ3v) is 10.5. The summed E-state index contributed by atoms with van der Waals surface area (Å²) < 4.78 is 20.4. The molecule has 5 aromatic rings. The van der Waals surface area contributed by atoms with E-state index < -0.39 is 40.6 Å². The van der Waals surface area contributed by atoms with Gasteiger partial charge in [-0.25, -0.2) is 9.29 Å². The van der Waals surface area contributed by atoms with E-state index in [1.165, 1.54) is 28.8 Å². The minimum Gasteiger partial charge on any atom is -0.497 e. The van der Waals surface area contributed by atoms with Crippen LogP contribution < -0.4 is 19.8 Å². The Labute approximate surface area is 259 Å². The molecule has 3 atom stereocenters. The van der Waals surface area contributed by atoms with Crippen LogP contribution in [0.5, 0.6) is 5.75 Å². The Morgan fingerprint density at radius 3 is 2.36 bits per heavy atom. The van der Waals surface area contributed by atoms with Crippen molar-refractivity contribution in [1.82, 2.24) is 4.57 Å². The summed E-state index contributed by atoms with van der Waals surface area (Å²) in [5.41, 5.74) is 1.61. The van der Waals surface area contributed by atoms with Gasteiger partial charge in [0, 0.05) is 16.5 Å². The van der Waals surface area contributed by atoms with Crippen LogP contribution in [0.25, 0.3) is 10.8 Å². The molecule has 220 valence electrons. The van der Waals surface area contributed by atoms with Crippen LogP contribution in [-0.2, 0) is 20.9 Å². The molecule has 3 amide bonds. The Balaban J connectivity index is 1.26. The van der Waals surface area contributed by atoms with Crippen LogP contribution in [0.2, 0.25) is 0 Å². The van der Waals surface area contributed by atoms with E-state index in [9.17, 15) is 23.6 Å². The summed E-state index contributed by atoms with van der Waals surface area (Å²) in [6, 6.07) is 25.7. The first-order chi connectivity index (χ1) is 21.3. The lowest BCUT2D eigenvalue weighted by Gasteiger charge is -2.30. The number of fused-ring (bicyclic) bond motifs is 3. The highest BCUT2D eigenvalue weighted by Crippen LogP contribution is 2.54. The molecule has 1 aromatic heterocycles. The summed E-state index contributed by atoms with van der Waals surface area (Å²) in [7, 11) is 1.55. The van der Waals surface area contributed by atoms with Crippen molar-refractivity contribution in [2.75, 3.05) is 17.3 Å². The summed E-state index contributed by atoms with van der Waals surface area (Å²) >= 11 is 2.10. The monoisotopic (exact) mass is 625 g/mol. The maximum atomic E-state index is 13.9. The largest absolute Gasteiger partial charge is 0.497 e. The summed E-state index contributed by atoms with van der Waals surface area (Å²) in [6.45, 7) is -0.263. The van der Waals surface area contributed by atoms with Crippen molar-refractivity contribution in [2.24, 2.45) is 5.92 Å². The lowest BCUT2D eigenvalue weighted by molar-refractivity contribution is -0.122. The molecule has 2 aliphatic heterocycles. The first kappa shape index (κ1) is 28.1. The molecule has 1 saturated heterocycles. The van der Waals surface area contributed by atoms with E-state index >= 15 is 0 Å². The molecule has 44 heavy (non-hydrogen) atoms. The van der Waals surface area contributed by atoms with Crippen LogP contribution in [0.1, 0.15) is 16.4 Å². The number of thiazole rings is 1. The zero-order valence-electron chi connectivity index (χ0n) is 23.2. The molecule has 11 heteroatoms. The first-order valence-corrected chi connectivity index (χ1v) is 15.5. The standard InChI is InChI=1S/C33H24FN3O5S2/c1-42-24-14-7-19(8-15-24)26-27-28(31(40)37(30(27)39)23-12-9-21(34)10-13-23)43-32-29(26)44-33(41)36(32)17-25(38)35-22-11-6-18-4-2-3-5-20(18)16-22/h2-16,26-28H,17H2,1H3,(H,35,38)/t26-,27-,28+/m0/s1. The lowest BCUT2D eigenvalue weighted by atomic mass is 9.83. The number of rotatable bonds is 6. The van der Waals surface area contributed by atoms with Gasteiger partial charge in [-0.3, -0.25) is 23.7 Å². The number of amides is 3. The molecular weight excluding hydrogens is 602 g/mol. The third kappa shape index (κ3) is 4.78. The van der Waals surface area contributed by atoms with Gasteiger partial charge < -0.3 is 10.1 Å². The number of anilines is 2. The number of carbonyl (C=O) groups excluding carboxylic acids is 3. The van der Waals surface area contributed by atoms with E-state index in [1.807, 2.05) is 48.5 Å². The van der Waals surface area contributed by atoms with Crippen molar-refractivity contribution < 1.29 is 23.5 Å². The van der Waals surface area contributed by atoms with Crippen LogP contribution in [-0.4, -0.2) is 34.6 Å². The molecular formula is C33H24FN3O5S2. The Morgan fingerprint density at radius 1 is 0.909 bits per heavy atom. The Hall–Kier alpha value is -4.74. The molecule has 0 radical (unpaired) electrons. The van der Waals surface area contributed by atoms with E-state index in [0.717, 1.165) is 44.3 Å². The highest BCUT2D eigenvalue weighted by atomic mass is 32.2. The topological polar surface area (TPSA) is 97.7 Å². The number of methoxy groups -OCH3 is 1. The lowest BCUT2D eigenvalue weighted by Crippen LogP contribution is -2.33. The fraction of sp³-hybridized carbons (Fsp3) is 0.152. The smallest absolute Gasteiger partial charge is 0.308 e. The minimum absolute atomic E-state index is 0.263. The molecule has 0 saturated carbocycles. The van der Waals surface area contributed by atoms with Crippen LogP contribution >= 0.6 is 23.1 Å². The molecule has 0 bridgehead atoms. The van der Waals surface area contributed by atoms with Crippen LogP contribution in [0, 0.1) is 11.7 Å². The molecule has 1 fully saturated rings. The molecule has 7 rings (SSSR count). The molecule has 1 N–H and O–H groups in total. The van der Waals surface area contributed by atoms with E-state index in [4.69, 9.17) is 4.74 Å². The normalized spacial score (nSPS) is 19.1. The van der Waals surface area contributed by atoms with E-state index in [1.54, 1.807) is 25.3 Å². The van der Waals surface area contributed by atoms with Gasteiger partial charge in [0.15, 0.2) is 0 Å². The zero-order valence-corrected chi connectivity index (χ0v) is 24.9. The second-order valence-electron chi connectivity index (χ2n) is 10.5. The van der Waals surface area contributed by atoms with Crippen molar-refractivity contribution in [3.8, 4) is 5.75 Å². The predicted octanol–water partition coefficient (Wildman–Crippen LogP) is 5.65. The number of imide groups is 1. The molecule has 0 unspecified atom stereocenters. The van der Waals surface area contributed by atoms with Crippen molar-refractivity contribution >= 4 is 63.0 Å². The van der Waals surface area contributed by atoms with Gasteiger partial charge in [0.2, 0.25) is 17.7 Å². The van der Waals surface area contributed by atoms with Gasteiger partial charge in [0.05, 0.1) is 23.7 Å². The van der Waals surface area contributed by atoms with Gasteiger partial charge in [-0.1, -0.05) is 65.6 Å². The van der Waals surface area contributed by atoms with Crippen molar-refractivity contribution in [3.63, 3.8) is 0 Å². The van der Waals surface area contributed by atoms with Gasteiger partial charge in [-0.05, 0) is 64.9 Å². The minimum atomic E-state index is -0.851. The number of hydrogen-bond acceptors (Lipinski definition) is 7. The summed E-state index contributed by atoms with van der Waals surface area (Å²) in [5.74, 6) is -2.56. The Kier molecular flexibility index (Phi) is 7.06. The summed E-state index contributed by atoms with van der Waals surface area (Å²) in [6.07, 6.45) is 0. The van der Waals surface area contributed by atoms with Crippen LogP contribution in [0.4, 0.5) is 15.8 Å². The molecule has 4 aromatic carbocycles. The van der Waals surface area contributed by atoms with Crippen LogP contribution in [0.15, 0.2) is 101 Å². The van der Waals surface area contributed by atoms with E-state index in [0.29, 0.717) is 21.3 Å². The number of nitrogens with zero attached hydrogens (tertiary/aromatic N) is 2. The van der Waals surface area contributed by atoms with Gasteiger partial charge in [-0.15, -0.1) is 0 Å². The molecule has 0 aliphatic carbocycles. The maximum absolute atomic E-state index is 13.9. The fourth-order valence-electron chi connectivity index (χ4n) is 5.88. The summed E-state index contributed by atoms with van der Waals surface area (Å²) in [4.78, 5) is 55.8. The number of nitrogens with one attached hydrogen (secondary N) is 1. The van der Waals surface area contributed by atoms with Crippen molar-refractivity contribution in [2.45, 2.75) is 22.7 Å². The number of hydrogen-bond donors (Lipinski definition) is 1. The Morgan fingerprint density at radius 2 is 1.64 bits per heavy atom. The van der Waals surface area contributed by atoms with Crippen LogP contribution in [0.3, 0.4) is 0 Å². The van der Waals surface area contributed by atoms with E-state index in [-0.39, 0.29) is 17.1 Å². The molecule has 8 nitrogen and oxygen atoms in total. The number of halogens is 1. The number of aromatic nitrogens is 1. The Bertz CT molecular complexity index is 2010. The fourth-order valence-corrected chi connectivity index (χ4v) is 8.65. The average molecular weight is 626 g/mol. The van der Waals surface area contributed by atoms with Gasteiger partial charge >= 0.3 is 4.87 Å². The molecule has 0 spiro atoms. The number of benzene rings is 4. The van der Waals surface area contributed by atoms with Gasteiger partial charge in [0.25, 0.3) is 0 Å². The number of carbonyl (C=O) groups is 3. The van der Waals surface area contributed by atoms with Crippen molar-refractivity contribution in [3.05, 3.63) is 117 Å². The quantitative estimate of drug-likeness (QED) is 0.245. The zero-order chi connectivity index (χ0) is 30.5. The van der Waals surface area contributed by atoms with Gasteiger partial charge in [0.1, 0.15) is 23.4 Å². The number of thioether (sulfide) groups is 1. The van der Waals surface area contributed by atoms with Crippen molar-refractivity contribution in [1.29, 1.82) is 0 Å². The highest BCUT2D eigenvalue weighted by molar-refractivity contribution is 8.00. The highest BCUT2D eigenvalue weighted by Gasteiger charge is 2.56. The van der Waals surface area contributed by atoms with Gasteiger partial charge in [-0.2, -0.15) is 0 Å². The molecule has 2 aliphatic rings. The van der Waals surface area contributed by atoms with E-state index in [2.05, 4.69) is 5.32 Å². The molecule has 3 heterocycles. The average Bonchev–Trinajstić information content (AvgIpc) is 3.47. The second-order valence-corrected chi connectivity index (χ2v) is 12.7. The maximum Gasteiger partial charge on any atom is 0.308 e. The first-order valence-electron chi connectivity index (χ1n) is 13.8. The summed E-state index contributed by atoms with van der Waals surface area (Å²) in [5, 5.41) is 4.52.